The van der Waals surface area contributed by atoms with E-state index in [1.807, 2.05) is 13.1 Å². The first-order chi connectivity index (χ1) is 10.2. The SMILES string of the molecule is CNC(Cc1c(F)cccc1Cl)C1CC1c1ccccc1. The molecule has 1 N–H and O–H groups in total. The summed E-state index contributed by atoms with van der Waals surface area (Å²) in [6.07, 6.45) is 1.79. The lowest BCUT2D eigenvalue weighted by Gasteiger charge is -2.18. The maximum Gasteiger partial charge on any atom is 0.127 e. The van der Waals surface area contributed by atoms with Crippen molar-refractivity contribution in [2.45, 2.75) is 24.8 Å². The normalized spacial score (nSPS) is 22.0. The van der Waals surface area contributed by atoms with Gasteiger partial charge in [0.1, 0.15) is 5.82 Å². The highest BCUT2D eigenvalue weighted by Gasteiger charge is 2.43. The van der Waals surface area contributed by atoms with Crippen LogP contribution in [0.15, 0.2) is 48.5 Å². The van der Waals surface area contributed by atoms with Crippen LogP contribution in [-0.4, -0.2) is 13.1 Å². The Bertz CT molecular complexity index is 594. The zero-order valence-corrected chi connectivity index (χ0v) is 12.8. The van der Waals surface area contributed by atoms with Crippen molar-refractivity contribution in [3.05, 3.63) is 70.5 Å². The average molecular weight is 304 g/mol. The molecule has 0 saturated heterocycles. The Labute approximate surface area is 130 Å². The van der Waals surface area contributed by atoms with Crippen molar-refractivity contribution in [3.63, 3.8) is 0 Å². The summed E-state index contributed by atoms with van der Waals surface area (Å²) in [5.74, 6) is 0.918. The van der Waals surface area contributed by atoms with Gasteiger partial charge in [-0.15, -0.1) is 0 Å². The summed E-state index contributed by atoms with van der Waals surface area (Å²) in [6.45, 7) is 0. The summed E-state index contributed by atoms with van der Waals surface area (Å²) in [5.41, 5.74) is 2.00. The molecule has 3 rings (SSSR count). The molecule has 1 nitrogen and oxygen atoms in total. The fraction of sp³-hybridized carbons (Fsp3) is 0.333. The summed E-state index contributed by atoms with van der Waals surface area (Å²) >= 11 is 6.14. The second-order valence-electron chi connectivity index (χ2n) is 5.72. The van der Waals surface area contributed by atoms with Gasteiger partial charge < -0.3 is 5.32 Å². The van der Waals surface area contributed by atoms with Crippen LogP contribution >= 0.6 is 11.6 Å². The third-order valence-electron chi connectivity index (χ3n) is 4.44. The number of nitrogens with one attached hydrogen (secondary N) is 1. The molecule has 0 heterocycles. The first-order valence-corrected chi connectivity index (χ1v) is 7.73. The lowest BCUT2D eigenvalue weighted by atomic mass is 9.98. The van der Waals surface area contributed by atoms with Crippen LogP contribution in [0, 0.1) is 11.7 Å². The molecule has 1 saturated carbocycles. The Morgan fingerprint density at radius 2 is 1.95 bits per heavy atom. The van der Waals surface area contributed by atoms with E-state index in [0.29, 0.717) is 28.8 Å². The standard InChI is InChI=1S/C18H19ClFN/c1-21-18(11-15-16(19)8-5-9-17(15)20)14-10-13(14)12-6-3-2-4-7-12/h2-9,13-14,18,21H,10-11H2,1H3. The highest BCUT2D eigenvalue weighted by molar-refractivity contribution is 6.31. The molecule has 21 heavy (non-hydrogen) atoms. The Kier molecular flexibility index (Phi) is 4.27. The topological polar surface area (TPSA) is 12.0 Å². The predicted molar refractivity (Wildman–Crippen MR) is 85.3 cm³/mol. The average Bonchev–Trinajstić information content (AvgIpc) is 3.28. The molecule has 0 aromatic heterocycles. The highest BCUT2D eigenvalue weighted by atomic mass is 35.5. The molecule has 2 aromatic carbocycles. The van der Waals surface area contributed by atoms with Gasteiger partial charge >= 0.3 is 0 Å². The smallest absolute Gasteiger partial charge is 0.127 e. The van der Waals surface area contributed by atoms with Crippen molar-refractivity contribution in [3.8, 4) is 0 Å². The van der Waals surface area contributed by atoms with Crippen molar-refractivity contribution in [2.75, 3.05) is 7.05 Å². The van der Waals surface area contributed by atoms with Crippen LogP contribution < -0.4 is 5.32 Å². The minimum atomic E-state index is -0.209. The van der Waals surface area contributed by atoms with E-state index in [9.17, 15) is 4.39 Å². The Balaban J connectivity index is 1.73. The Morgan fingerprint density at radius 3 is 2.62 bits per heavy atom. The van der Waals surface area contributed by atoms with Gasteiger partial charge in [0.25, 0.3) is 0 Å². The summed E-state index contributed by atoms with van der Waals surface area (Å²) in [6, 6.07) is 15.7. The van der Waals surface area contributed by atoms with E-state index in [-0.39, 0.29) is 11.9 Å². The van der Waals surface area contributed by atoms with Gasteiger partial charge in [-0.05, 0) is 49.4 Å². The number of benzene rings is 2. The molecule has 1 aliphatic rings. The number of rotatable bonds is 5. The van der Waals surface area contributed by atoms with Crippen LogP contribution in [0.3, 0.4) is 0 Å². The molecule has 0 aliphatic heterocycles. The number of hydrogen-bond donors (Lipinski definition) is 1. The number of halogens is 2. The largest absolute Gasteiger partial charge is 0.316 e. The Hall–Kier alpha value is -1.38. The fourth-order valence-electron chi connectivity index (χ4n) is 3.16. The maximum absolute atomic E-state index is 13.9. The summed E-state index contributed by atoms with van der Waals surface area (Å²) in [5, 5.41) is 3.86. The fourth-order valence-corrected chi connectivity index (χ4v) is 3.40. The molecule has 0 amide bonds. The van der Waals surface area contributed by atoms with Gasteiger partial charge in [0, 0.05) is 16.6 Å². The van der Waals surface area contributed by atoms with E-state index in [4.69, 9.17) is 11.6 Å². The van der Waals surface area contributed by atoms with Gasteiger partial charge in [0.15, 0.2) is 0 Å². The highest BCUT2D eigenvalue weighted by Crippen LogP contribution is 2.50. The van der Waals surface area contributed by atoms with Gasteiger partial charge in [-0.3, -0.25) is 0 Å². The molecule has 2 aromatic rings. The maximum atomic E-state index is 13.9. The molecule has 0 radical (unpaired) electrons. The van der Waals surface area contributed by atoms with Gasteiger partial charge in [-0.25, -0.2) is 4.39 Å². The van der Waals surface area contributed by atoms with Crippen LogP contribution in [0.2, 0.25) is 5.02 Å². The molecule has 0 spiro atoms. The quantitative estimate of drug-likeness (QED) is 0.862. The minimum absolute atomic E-state index is 0.209. The summed E-state index contributed by atoms with van der Waals surface area (Å²) in [4.78, 5) is 0. The first kappa shape index (κ1) is 14.6. The zero-order valence-electron chi connectivity index (χ0n) is 12.0. The Morgan fingerprint density at radius 1 is 1.19 bits per heavy atom. The van der Waals surface area contributed by atoms with Crippen LogP contribution in [0.5, 0.6) is 0 Å². The molecule has 3 atom stereocenters. The van der Waals surface area contributed by atoms with E-state index in [1.54, 1.807) is 12.1 Å². The minimum Gasteiger partial charge on any atom is -0.316 e. The second-order valence-corrected chi connectivity index (χ2v) is 6.12. The zero-order chi connectivity index (χ0) is 14.8. The van der Waals surface area contributed by atoms with Crippen LogP contribution in [0.25, 0.3) is 0 Å². The van der Waals surface area contributed by atoms with E-state index >= 15 is 0 Å². The van der Waals surface area contributed by atoms with Crippen LogP contribution in [-0.2, 0) is 6.42 Å². The predicted octanol–water partition coefficient (Wildman–Crippen LogP) is 4.41. The first-order valence-electron chi connectivity index (χ1n) is 7.35. The number of hydrogen-bond acceptors (Lipinski definition) is 1. The van der Waals surface area contributed by atoms with Crippen molar-refractivity contribution in [1.82, 2.24) is 5.32 Å². The molecule has 3 unspecified atom stereocenters. The lowest BCUT2D eigenvalue weighted by molar-refractivity contribution is 0.479. The molecule has 110 valence electrons. The molecular weight excluding hydrogens is 285 g/mol. The van der Waals surface area contributed by atoms with E-state index in [2.05, 4.69) is 29.6 Å². The molecule has 0 bridgehead atoms. The van der Waals surface area contributed by atoms with E-state index < -0.39 is 0 Å². The second kappa shape index (κ2) is 6.17. The van der Waals surface area contributed by atoms with Gasteiger partial charge in [0.2, 0.25) is 0 Å². The van der Waals surface area contributed by atoms with Gasteiger partial charge in [0.05, 0.1) is 0 Å². The third-order valence-corrected chi connectivity index (χ3v) is 4.79. The molecule has 3 heteroatoms. The van der Waals surface area contributed by atoms with Crippen LogP contribution in [0.4, 0.5) is 4.39 Å². The van der Waals surface area contributed by atoms with Gasteiger partial charge in [-0.1, -0.05) is 48.0 Å². The van der Waals surface area contributed by atoms with E-state index in [1.165, 1.54) is 11.6 Å². The van der Waals surface area contributed by atoms with Crippen molar-refractivity contribution in [2.24, 2.45) is 5.92 Å². The van der Waals surface area contributed by atoms with Crippen molar-refractivity contribution >= 4 is 11.6 Å². The molecular formula is C18H19ClFN. The van der Waals surface area contributed by atoms with Crippen molar-refractivity contribution < 1.29 is 4.39 Å². The van der Waals surface area contributed by atoms with E-state index in [0.717, 1.165) is 6.42 Å². The molecule has 1 fully saturated rings. The monoisotopic (exact) mass is 303 g/mol. The van der Waals surface area contributed by atoms with Gasteiger partial charge in [-0.2, -0.15) is 0 Å². The number of likely N-dealkylation sites (N-methyl/N-ethyl adjacent to an activating group) is 1. The molecule has 1 aliphatic carbocycles. The summed E-state index contributed by atoms with van der Waals surface area (Å²) < 4.78 is 13.9. The van der Waals surface area contributed by atoms with Crippen LogP contribution in [0.1, 0.15) is 23.5 Å². The lowest BCUT2D eigenvalue weighted by Crippen LogP contribution is -2.30. The van der Waals surface area contributed by atoms with Crippen molar-refractivity contribution in [1.29, 1.82) is 0 Å². The summed E-state index contributed by atoms with van der Waals surface area (Å²) in [7, 11) is 1.94. The third kappa shape index (κ3) is 3.12.